The Morgan fingerprint density at radius 2 is 1.15 bits per heavy atom. The summed E-state index contributed by atoms with van der Waals surface area (Å²) < 4.78 is 0. The Morgan fingerprint density at radius 3 is 1.64 bits per heavy atom. The Kier molecular flexibility index (Phi) is 16.6. The predicted octanol–water partition coefficient (Wildman–Crippen LogP) is 1.65. The van der Waals surface area contributed by atoms with E-state index in [0.717, 1.165) is 17.5 Å². The minimum absolute atomic E-state index is 0.0443. The molecule has 0 bridgehead atoms. The van der Waals surface area contributed by atoms with Gasteiger partial charge < -0.3 is 37.8 Å². The number of nitrogens with one attached hydrogen (secondary N) is 4. The van der Waals surface area contributed by atoms with E-state index in [-0.39, 0.29) is 18.8 Å². The lowest BCUT2D eigenvalue weighted by atomic mass is 9.98. The fraction of sp³-hybridized carbons (Fsp3) is 0.514. The van der Waals surface area contributed by atoms with Crippen LogP contribution in [0.1, 0.15) is 64.5 Å². The number of carboxylic acid groups (broad SMARTS) is 1. The molecule has 9 N–H and O–H groups in total. The first-order chi connectivity index (χ1) is 22.3. The molecule has 0 saturated heterocycles. The van der Waals surface area contributed by atoms with Gasteiger partial charge in [-0.3, -0.25) is 19.2 Å². The molecule has 0 aliphatic carbocycles. The third-order valence-electron chi connectivity index (χ3n) is 7.71. The van der Waals surface area contributed by atoms with Gasteiger partial charge in [0.15, 0.2) is 0 Å². The summed E-state index contributed by atoms with van der Waals surface area (Å²) in [5.74, 6) is -3.86. The van der Waals surface area contributed by atoms with Gasteiger partial charge in [0, 0.05) is 12.8 Å². The summed E-state index contributed by atoms with van der Waals surface area (Å²) >= 11 is 0. The molecule has 12 nitrogen and oxygen atoms in total. The van der Waals surface area contributed by atoms with Gasteiger partial charge in [-0.05, 0) is 48.8 Å². The van der Waals surface area contributed by atoms with E-state index in [1.807, 2.05) is 26.0 Å². The van der Waals surface area contributed by atoms with Crippen molar-refractivity contribution in [3.8, 4) is 0 Å². The molecule has 0 fully saturated rings. The molecule has 0 aromatic heterocycles. The molecule has 5 atom stereocenters. The number of rotatable bonds is 20. The zero-order chi connectivity index (χ0) is 34.9. The molecule has 4 amide bonds. The highest BCUT2D eigenvalue weighted by atomic mass is 16.4. The molecule has 0 radical (unpaired) electrons. The molecule has 2 aromatic rings. The van der Waals surface area contributed by atoms with Crippen LogP contribution in [0, 0.1) is 11.8 Å². The Balaban J connectivity index is 2.24. The summed E-state index contributed by atoms with van der Waals surface area (Å²) in [5, 5.41) is 20.7. The molecule has 0 spiro atoms. The zero-order valence-electron chi connectivity index (χ0n) is 27.9. The number of aliphatic carboxylic acids is 1. The second-order valence-electron chi connectivity index (χ2n) is 12.7. The quantitative estimate of drug-likeness (QED) is 0.105. The van der Waals surface area contributed by atoms with Crippen molar-refractivity contribution in [2.45, 2.75) is 96.4 Å². The van der Waals surface area contributed by atoms with Crippen LogP contribution in [0.3, 0.4) is 0 Å². The molecule has 12 heteroatoms. The molecule has 0 unspecified atom stereocenters. The van der Waals surface area contributed by atoms with Crippen LogP contribution in [0.5, 0.6) is 0 Å². The smallest absolute Gasteiger partial charge is 0.326 e. The van der Waals surface area contributed by atoms with Crippen molar-refractivity contribution >= 4 is 29.6 Å². The van der Waals surface area contributed by atoms with Gasteiger partial charge in [0.05, 0.1) is 6.04 Å². The molecule has 258 valence electrons. The Labute approximate surface area is 277 Å². The minimum atomic E-state index is -1.23. The number of unbranched alkanes of at least 4 members (excludes halogenated alkanes) is 1. The van der Waals surface area contributed by atoms with Crippen LogP contribution < -0.4 is 32.7 Å². The van der Waals surface area contributed by atoms with Gasteiger partial charge in [-0.15, -0.1) is 0 Å². The number of nitrogens with two attached hydrogens (primary N) is 2. The standard InChI is InChI=1S/C35H52N6O6/c1-22(2)19-27(38-31(42)26(37)17-11-12-18-36)33(44)41-30(23(3)4)34(45)39-28(20-24-13-7-5-8-14-24)32(43)40-29(35(46)47)21-25-15-9-6-10-16-25/h5-10,13-16,22-23,26-30H,11-12,17-21,36-37H2,1-4H3,(H,38,42)(H,39,45)(H,40,43)(H,41,44)(H,46,47)/t26-,27-,28-,29-,30-/m1/s1. The maximum atomic E-state index is 13.7. The predicted molar refractivity (Wildman–Crippen MR) is 181 cm³/mol. The van der Waals surface area contributed by atoms with Crippen LogP contribution in [0.15, 0.2) is 60.7 Å². The summed E-state index contributed by atoms with van der Waals surface area (Å²) in [6.45, 7) is 7.82. The van der Waals surface area contributed by atoms with Crippen LogP contribution in [0.2, 0.25) is 0 Å². The SMILES string of the molecule is CC(C)C[C@@H](NC(=O)[C@H](N)CCCCN)C(=O)N[C@@H](C(=O)N[C@H](Cc1ccccc1)C(=O)N[C@H](Cc1ccccc1)C(=O)O)C(C)C. The zero-order valence-corrected chi connectivity index (χ0v) is 27.9. The van der Waals surface area contributed by atoms with Gasteiger partial charge in [-0.2, -0.15) is 0 Å². The largest absolute Gasteiger partial charge is 0.480 e. The molecule has 0 aliphatic rings. The van der Waals surface area contributed by atoms with E-state index in [0.29, 0.717) is 25.8 Å². The van der Waals surface area contributed by atoms with Crippen molar-refractivity contribution in [2.24, 2.45) is 23.3 Å². The van der Waals surface area contributed by atoms with E-state index in [4.69, 9.17) is 11.5 Å². The number of hydrogen-bond acceptors (Lipinski definition) is 7. The van der Waals surface area contributed by atoms with Gasteiger partial charge in [-0.25, -0.2) is 4.79 Å². The van der Waals surface area contributed by atoms with E-state index in [1.54, 1.807) is 62.4 Å². The lowest BCUT2D eigenvalue weighted by molar-refractivity contribution is -0.142. The van der Waals surface area contributed by atoms with E-state index in [2.05, 4.69) is 21.3 Å². The van der Waals surface area contributed by atoms with Crippen molar-refractivity contribution in [1.82, 2.24) is 21.3 Å². The van der Waals surface area contributed by atoms with Crippen LogP contribution in [-0.2, 0) is 36.8 Å². The second kappa shape index (κ2) is 20.1. The summed E-state index contributed by atoms with van der Waals surface area (Å²) in [6.07, 6.45) is 2.29. The fourth-order valence-corrected chi connectivity index (χ4v) is 5.05. The molecular formula is C35H52N6O6. The number of carbonyl (C=O) groups excluding carboxylic acids is 4. The van der Waals surface area contributed by atoms with E-state index >= 15 is 0 Å². The molecular weight excluding hydrogens is 600 g/mol. The van der Waals surface area contributed by atoms with E-state index in [1.165, 1.54) is 0 Å². The van der Waals surface area contributed by atoms with Gasteiger partial charge in [0.2, 0.25) is 23.6 Å². The Hall–Kier alpha value is -4.29. The lowest BCUT2D eigenvalue weighted by Gasteiger charge is -2.28. The molecule has 0 aliphatic heterocycles. The van der Waals surface area contributed by atoms with Crippen molar-refractivity contribution in [3.05, 3.63) is 71.8 Å². The number of carboxylic acids is 1. The van der Waals surface area contributed by atoms with Gasteiger partial charge in [-0.1, -0.05) is 94.8 Å². The first-order valence-corrected chi connectivity index (χ1v) is 16.3. The highest BCUT2D eigenvalue weighted by molar-refractivity contribution is 5.95. The maximum absolute atomic E-state index is 13.7. The first-order valence-electron chi connectivity index (χ1n) is 16.3. The normalized spacial score (nSPS) is 14.4. The Morgan fingerprint density at radius 1 is 0.660 bits per heavy atom. The van der Waals surface area contributed by atoms with E-state index < -0.39 is 65.7 Å². The van der Waals surface area contributed by atoms with Gasteiger partial charge in [0.25, 0.3) is 0 Å². The lowest BCUT2D eigenvalue weighted by Crippen LogP contribution is -2.60. The second-order valence-corrected chi connectivity index (χ2v) is 12.7. The molecule has 0 saturated carbocycles. The molecule has 0 heterocycles. The topological polar surface area (TPSA) is 206 Å². The first kappa shape index (κ1) is 38.9. The summed E-state index contributed by atoms with van der Waals surface area (Å²) in [5.41, 5.74) is 13.1. The highest BCUT2D eigenvalue weighted by Crippen LogP contribution is 2.11. The summed E-state index contributed by atoms with van der Waals surface area (Å²) in [7, 11) is 0. The van der Waals surface area contributed by atoms with Crippen LogP contribution in [0.4, 0.5) is 0 Å². The molecule has 2 rings (SSSR count). The number of benzene rings is 2. The van der Waals surface area contributed by atoms with Crippen molar-refractivity contribution in [3.63, 3.8) is 0 Å². The highest BCUT2D eigenvalue weighted by Gasteiger charge is 2.33. The summed E-state index contributed by atoms with van der Waals surface area (Å²) in [6, 6.07) is 12.8. The maximum Gasteiger partial charge on any atom is 0.326 e. The molecule has 2 aromatic carbocycles. The van der Waals surface area contributed by atoms with Crippen LogP contribution in [-0.4, -0.2) is 71.5 Å². The van der Waals surface area contributed by atoms with Crippen molar-refractivity contribution in [1.29, 1.82) is 0 Å². The Bertz CT molecular complexity index is 1290. The third-order valence-corrected chi connectivity index (χ3v) is 7.71. The third kappa shape index (κ3) is 13.9. The number of amides is 4. The average Bonchev–Trinajstić information content (AvgIpc) is 3.03. The number of hydrogen-bond donors (Lipinski definition) is 7. The number of carbonyl (C=O) groups is 5. The minimum Gasteiger partial charge on any atom is -0.480 e. The van der Waals surface area contributed by atoms with Crippen LogP contribution in [0.25, 0.3) is 0 Å². The van der Waals surface area contributed by atoms with Gasteiger partial charge in [0.1, 0.15) is 24.2 Å². The van der Waals surface area contributed by atoms with Gasteiger partial charge >= 0.3 is 5.97 Å². The fourth-order valence-electron chi connectivity index (χ4n) is 5.05. The monoisotopic (exact) mass is 652 g/mol. The van der Waals surface area contributed by atoms with E-state index in [9.17, 15) is 29.1 Å². The summed E-state index contributed by atoms with van der Waals surface area (Å²) in [4.78, 5) is 65.7. The molecule has 47 heavy (non-hydrogen) atoms. The van der Waals surface area contributed by atoms with Crippen LogP contribution >= 0.6 is 0 Å². The average molecular weight is 653 g/mol. The van der Waals surface area contributed by atoms with Crippen molar-refractivity contribution in [2.75, 3.05) is 6.54 Å². The van der Waals surface area contributed by atoms with Crippen molar-refractivity contribution < 1.29 is 29.1 Å².